The summed E-state index contributed by atoms with van der Waals surface area (Å²) in [4.78, 5) is 48.0. The summed E-state index contributed by atoms with van der Waals surface area (Å²) in [7, 11) is 1.61. The number of hydrogen-bond acceptors (Lipinski definition) is 28. The summed E-state index contributed by atoms with van der Waals surface area (Å²) < 4.78 is 6.91. The highest BCUT2D eigenvalue weighted by Gasteiger charge is 2.39. The molecular weight excluding hydrogens is 1400 g/mol. The molecule has 0 amide bonds. The standard InChI is InChI=1S/C22H30N6O.C21H28N6O.C20H25N7O.C19H26N6O.4H2/c1-15-8-9-18(12-22(15,2)3)27-20-16(13-23)14-25-21(28-20)24-11-10-17-6-5-7-19(26-17)29-4;1-14-5-4-9-23-17(14)8-10-24-20-25-13-15(12-22)19(27-20)26-16-6-7-18(28)21(2,3)11-16;1-4-14-11-24-27(13-14)8-7-22-19-23-12-15(10-21)18(26-19)25-16-5-6-17(28)20(2,3)9-16;1-19(2)9-15(3-4-16(19)26)24-17-14(10-20)12-23-18(25-17)22-8-6-13-5-7-21-11-13;;;;/h5-7,14-15,18H,8-12H2,1-4H3,(H2,24,25,27,28);4-5,9,13,16,18,28H,6-8,10-11H2,1-3H3,(H2,24,25,26,27);1,11-13,16-17,28H,5-9H2,2-3H3,(H2,22,23,25,26);5,7,12,15-16,26H,3-4,6,8-9,11H2,1-2H3,(H2,22,23,24,25);4*1H/t15-,18+;16-,18+;16-,17+;15-,16+;;;;/m0111..../s1. The fraction of sp³-hybridized carbons (Fsp3) is 0.537. The lowest BCUT2D eigenvalue weighted by atomic mass is 9.68. The Hall–Kier alpha value is -11.2. The third kappa shape index (κ3) is 24.7. The maximum absolute atomic E-state index is 10.2. The second kappa shape index (κ2) is 39.5. The van der Waals surface area contributed by atoms with Gasteiger partial charge in [-0.2, -0.15) is 46.1 Å². The molecule has 29 nitrogen and oxygen atoms in total. The van der Waals surface area contributed by atoms with Crippen LogP contribution >= 0.6 is 0 Å². The normalized spacial score (nSPS) is 21.5. The van der Waals surface area contributed by atoms with Crippen molar-refractivity contribution in [1.29, 1.82) is 21.0 Å². The molecule has 0 saturated heterocycles. The van der Waals surface area contributed by atoms with E-state index >= 15 is 0 Å². The van der Waals surface area contributed by atoms with Crippen LogP contribution in [0.5, 0.6) is 5.88 Å². The predicted molar refractivity (Wildman–Crippen MR) is 440 cm³/mol. The number of rotatable bonds is 25. The molecule has 594 valence electrons. The van der Waals surface area contributed by atoms with Gasteiger partial charge in [-0.25, -0.2) is 24.9 Å². The smallest absolute Gasteiger partial charge is 0.224 e. The van der Waals surface area contributed by atoms with E-state index in [1.54, 1.807) is 49.0 Å². The summed E-state index contributed by atoms with van der Waals surface area (Å²) in [5.74, 6) is 8.04. The Kier molecular flexibility index (Phi) is 29.8. The molecule has 0 spiro atoms. The van der Waals surface area contributed by atoms with E-state index in [0.29, 0.717) is 113 Å². The number of nitrogens with one attached hydrogen (secondary N) is 8. The average molecular weight is 1520 g/mol. The van der Waals surface area contributed by atoms with Crippen LogP contribution in [-0.2, 0) is 19.4 Å². The first kappa shape index (κ1) is 83.9. The van der Waals surface area contributed by atoms with E-state index in [1.807, 2.05) is 49.5 Å². The largest absolute Gasteiger partial charge is 0.481 e. The number of nitriles is 4. The molecule has 0 radical (unpaired) electrons. The first-order valence-corrected chi connectivity index (χ1v) is 38.4. The molecule has 12 rings (SSSR count). The lowest BCUT2D eigenvalue weighted by Gasteiger charge is -2.41. The first-order valence-electron chi connectivity index (χ1n) is 38.4. The van der Waals surface area contributed by atoms with Crippen molar-refractivity contribution in [2.75, 3.05) is 82.4 Å². The number of hydrogen-bond donors (Lipinski definition) is 11. The van der Waals surface area contributed by atoms with Crippen molar-refractivity contribution in [3.05, 3.63) is 130 Å². The number of methoxy groups -OCH3 is 1. The van der Waals surface area contributed by atoms with Crippen molar-refractivity contribution in [2.45, 2.75) is 215 Å². The number of aromatic nitrogens is 12. The summed E-state index contributed by atoms with van der Waals surface area (Å²) in [5.41, 5.74) is 6.71. The number of aliphatic imine (C=N–C) groups is 1. The molecule has 5 aliphatic rings. The predicted octanol–water partition coefficient (Wildman–Crippen LogP) is 12.6. The number of aryl methyl sites for hydroxylation is 1. The van der Waals surface area contributed by atoms with Gasteiger partial charge < -0.3 is 62.6 Å². The number of allylic oxidation sites excluding steroid dienone is 1. The van der Waals surface area contributed by atoms with Gasteiger partial charge in [-0.05, 0) is 147 Å². The van der Waals surface area contributed by atoms with Gasteiger partial charge in [-0.3, -0.25) is 14.7 Å². The molecule has 11 N–H and O–H groups in total. The van der Waals surface area contributed by atoms with Gasteiger partial charge in [-0.15, -0.1) is 6.42 Å². The molecule has 29 heteroatoms. The van der Waals surface area contributed by atoms with Crippen LogP contribution in [0.4, 0.5) is 47.1 Å². The molecule has 111 heavy (non-hydrogen) atoms. The highest BCUT2D eigenvalue weighted by Crippen LogP contribution is 2.43. The van der Waals surface area contributed by atoms with Gasteiger partial charge in [0.05, 0.1) is 75.1 Å². The van der Waals surface area contributed by atoms with E-state index < -0.39 is 0 Å². The topological polar surface area (TPSA) is 420 Å². The summed E-state index contributed by atoms with van der Waals surface area (Å²) in [6.07, 6.45) is 32.7. The quantitative estimate of drug-likeness (QED) is 0.0237. The number of aliphatic hydroxyl groups is 3. The van der Waals surface area contributed by atoms with Crippen LogP contribution in [0.3, 0.4) is 0 Å². The summed E-state index contributed by atoms with van der Waals surface area (Å²) >= 11 is 0. The second-order valence-electron chi connectivity index (χ2n) is 32.0. The molecule has 0 bridgehead atoms. The Balaban J connectivity index is 0.000000271. The number of nitrogens with zero attached hydrogens (tertiary/aromatic N) is 17. The molecule has 7 aromatic rings. The number of aliphatic hydroxyl groups excluding tert-OH is 3. The number of terminal acetylenes is 1. The van der Waals surface area contributed by atoms with Crippen LogP contribution in [-0.4, -0.2) is 163 Å². The van der Waals surface area contributed by atoms with Gasteiger partial charge in [-0.1, -0.05) is 80.4 Å². The summed E-state index contributed by atoms with van der Waals surface area (Å²) in [6, 6.07) is 19.2. The van der Waals surface area contributed by atoms with Crippen molar-refractivity contribution in [2.24, 2.45) is 32.6 Å². The maximum atomic E-state index is 10.2. The molecule has 4 saturated carbocycles. The molecular formula is C82H117N25O4. The molecule has 0 unspecified atom stereocenters. The lowest BCUT2D eigenvalue weighted by Crippen LogP contribution is -2.41. The van der Waals surface area contributed by atoms with Crippen molar-refractivity contribution >= 4 is 53.3 Å². The maximum Gasteiger partial charge on any atom is 0.224 e. The molecule has 7 aromatic heterocycles. The zero-order chi connectivity index (χ0) is 79.7. The molecule has 8 atom stereocenters. The molecule has 8 heterocycles. The first-order chi connectivity index (χ1) is 53.2. The van der Waals surface area contributed by atoms with E-state index in [2.05, 4.69) is 195 Å². The second-order valence-corrected chi connectivity index (χ2v) is 32.0. The minimum Gasteiger partial charge on any atom is -0.481 e. The minimum absolute atomic E-state index is 0. The fourth-order valence-corrected chi connectivity index (χ4v) is 14.4. The number of pyridine rings is 2. The summed E-state index contributed by atoms with van der Waals surface area (Å²) in [6.45, 7) is 25.4. The highest BCUT2D eigenvalue weighted by atomic mass is 16.5. The van der Waals surface area contributed by atoms with E-state index in [-0.39, 0.29) is 63.8 Å². The third-order valence-corrected chi connectivity index (χ3v) is 21.7. The van der Waals surface area contributed by atoms with Gasteiger partial charge in [0.15, 0.2) is 0 Å². The van der Waals surface area contributed by atoms with Gasteiger partial charge in [0.25, 0.3) is 0 Å². The third-order valence-electron chi connectivity index (χ3n) is 21.7. The minimum atomic E-state index is -0.305. The monoisotopic (exact) mass is 1520 g/mol. The highest BCUT2D eigenvalue weighted by molar-refractivity contribution is 5.75. The Morgan fingerprint density at radius 3 is 1.36 bits per heavy atom. The van der Waals surface area contributed by atoms with Crippen molar-refractivity contribution in [3.8, 4) is 42.5 Å². The van der Waals surface area contributed by atoms with Crippen LogP contribution in [0.2, 0.25) is 0 Å². The van der Waals surface area contributed by atoms with Crippen LogP contribution in [0.15, 0.2) is 90.4 Å². The van der Waals surface area contributed by atoms with Gasteiger partial charge in [0, 0.05) is 105 Å². The van der Waals surface area contributed by atoms with Crippen LogP contribution in [0.1, 0.15) is 196 Å². The van der Waals surface area contributed by atoms with Gasteiger partial charge in [0.1, 0.15) is 69.8 Å². The van der Waals surface area contributed by atoms with Crippen molar-refractivity contribution in [1.82, 2.24) is 59.6 Å². The zero-order valence-electron chi connectivity index (χ0n) is 66.0. The Bertz CT molecular complexity index is 4550. The van der Waals surface area contributed by atoms with Crippen LogP contribution < -0.4 is 47.3 Å². The van der Waals surface area contributed by atoms with Crippen molar-refractivity contribution < 1.29 is 25.8 Å². The van der Waals surface area contributed by atoms with E-state index in [9.17, 15) is 36.4 Å². The Morgan fingerprint density at radius 1 is 0.532 bits per heavy atom. The number of anilines is 8. The van der Waals surface area contributed by atoms with Crippen LogP contribution in [0.25, 0.3) is 0 Å². The molecule has 4 aliphatic carbocycles. The Labute approximate surface area is 659 Å². The van der Waals surface area contributed by atoms with E-state index in [4.69, 9.17) is 11.2 Å². The molecule has 0 aromatic carbocycles. The molecule has 1 aliphatic heterocycles. The fourth-order valence-electron chi connectivity index (χ4n) is 14.4. The van der Waals surface area contributed by atoms with Crippen molar-refractivity contribution in [3.63, 3.8) is 0 Å². The average Bonchev–Trinajstić information content (AvgIpc) is 1.56. The zero-order valence-corrected chi connectivity index (χ0v) is 66.0. The van der Waals surface area contributed by atoms with E-state index in [0.717, 1.165) is 125 Å². The van der Waals surface area contributed by atoms with Crippen LogP contribution in [0, 0.1) is 92.2 Å². The Morgan fingerprint density at radius 2 is 0.964 bits per heavy atom. The SMILES string of the molecule is C#Cc1cnn(CCNc2ncc(C#N)c(N[C@@H]3CC[C@H](O)C(C)(C)C3)n2)c1.CC1(C)C[C@H](Nc2nc(NCCC3=CC=NC3)ncc2C#N)CC[C@@H]1O.COc1cccc(CCNc2ncc(C#N)c(N[C@@H]3CC[C@H](C)C(C)(C)C3)n2)n1.Cc1cccnc1CCNc1ncc(C#N)c(N[C@@H]2CC[C@H](O)C(C)(C)C2)n1.[HH].[HH].[HH].[HH]. The van der Waals surface area contributed by atoms with E-state index in [1.165, 1.54) is 18.2 Å². The molecule has 4 fully saturated rings. The van der Waals surface area contributed by atoms with Gasteiger partial charge in [0.2, 0.25) is 29.7 Å². The van der Waals surface area contributed by atoms with Gasteiger partial charge >= 0.3 is 0 Å². The lowest BCUT2D eigenvalue weighted by molar-refractivity contribution is 0.00924. The number of ether oxygens (including phenoxy) is 1. The summed E-state index contributed by atoms with van der Waals surface area (Å²) in [5, 5.41) is 98.6.